The van der Waals surface area contributed by atoms with E-state index < -0.39 is 47.3 Å². The van der Waals surface area contributed by atoms with Crippen LogP contribution < -0.4 is 5.32 Å². The highest BCUT2D eigenvalue weighted by Gasteiger charge is 2.53. The van der Waals surface area contributed by atoms with Gasteiger partial charge in [0.05, 0.1) is 35.4 Å². The Kier molecular flexibility index (Phi) is 9.16. The van der Waals surface area contributed by atoms with Gasteiger partial charge in [-0.3, -0.25) is 9.69 Å². The second-order valence-corrected chi connectivity index (χ2v) is 11.4. The lowest BCUT2D eigenvalue weighted by Gasteiger charge is -2.54. The molecule has 0 spiro atoms. The van der Waals surface area contributed by atoms with E-state index >= 15 is 0 Å². The summed E-state index contributed by atoms with van der Waals surface area (Å²) in [4.78, 5) is 27.8. The Morgan fingerprint density at radius 3 is 2.13 bits per heavy atom. The second-order valence-electron chi connectivity index (χ2n) is 11.4. The molecule has 0 saturated carbocycles. The van der Waals surface area contributed by atoms with Crippen LogP contribution in [0.3, 0.4) is 0 Å². The van der Waals surface area contributed by atoms with Crippen molar-refractivity contribution in [2.45, 2.75) is 75.3 Å². The molecule has 45 heavy (non-hydrogen) atoms. The van der Waals surface area contributed by atoms with Crippen molar-refractivity contribution in [2.75, 3.05) is 6.61 Å². The zero-order valence-electron chi connectivity index (χ0n) is 24.3. The van der Waals surface area contributed by atoms with Crippen LogP contribution >= 0.6 is 0 Å². The number of rotatable bonds is 7. The van der Waals surface area contributed by atoms with Crippen molar-refractivity contribution in [2.24, 2.45) is 0 Å². The summed E-state index contributed by atoms with van der Waals surface area (Å²) < 4.78 is 93.4. The van der Waals surface area contributed by atoms with Gasteiger partial charge in [-0.2, -0.15) is 26.3 Å². The summed E-state index contributed by atoms with van der Waals surface area (Å²) in [6.45, 7) is 1.08. The molecule has 5 rings (SSSR count). The molecule has 2 saturated heterocycles. The van der Waals surface area contributed by atoms with Crippen molar-refractivity contribution in [1.29, 1.82) is 0 Å². The number of carbonyl (C=O) groups excluding carboxylic acids is 2. The molecule has 0 unspecified atom stereocenters. The number of likely N-dealkylation sites (tertiary alicyclic amines) is 1. The van der Waals surface area contributed by atoms with Gasteiger partial charge in [-0.05, 0) is 61.1 Å². The van der Waals surface area contributed by atoms with E-state index in [1.165, 1.54) is 6.92 Å². The third kappa shape index (κ3) is 7.11. The number of piperidine rings is 2. The fourth-order valence-electron chi connectivity index (χ4n) is 6.19. The Morgan fingerprint density at radius 2 is 1.53 bits per heavy atom. The highest BCUT2D eigenvalue weighted by Crippen LogP contribution is 2.45. The Morgan fingerprint density at radius 1 is 0.933 bits per heavy atom. The maximum Gasteiger partial charge on any atom is 0.416 e. The predicted octanol–water partition coefficient (Wildman–Crippen LogP) is 7.78. The number of fused-ring (bicyclic) bond motifs is 1. The number of hydrogen-bond acceptors (Lipinski definition) is 4. The monoisotopic (exact) mass is 634 g/mol. The normalized spacial score (nSPS) is 22.7. The molecule has 1 N–H and O–H groups in total. The molecule has 0 aliphatic carbocycles. The smallest absolute Gasteiger partial charge is 0.416 e. The molecule has 0 aromatic heterocycles. The number of carbonyl (C=O) groups is 2. The lowest BCUT2D eigenvalue weighted by molar-refractivity contribution is -0.143. The summed E-state index contributed by atoms with van der Waals surface area (Å²) in [7, 11) is 0. The van der Waals surface area contributed by atoms with Gasteiger partial charge in [0.1, 0.15) is 6.61 Å². The average molecular weight is 635 g/mol. The van der Waals surface area contributed by atoms with E-state index in [2.05, 4.69) is 5.32 Å². The summed E-state index contributed by atoms with van der Waals surface area (Å²) in [6, 6.07) is 18.4. The zero-order chi connectivity index (χ0) is 32.4. The van der Waals surface area contributed by atoms with Gasteiger partial charge in [0, 0.05) is 12.5 Å². The van der Waals surface area contributed by atoms with E-state index in [1.807, 2.05) is 6.07 Å². The van der Waals surface area contributed by atoms with Crippen LogP contribution in [-0.2, 0) is 38.8 Å². The van der Waals surface area contributed by atoms with Crippen LogP contribution in [0.1, 0.15) is 66.5 Å². The third-order valence-electron chi connectivity index (χ3n) is 8.50. The molecule has 2 aliphatic rings. The van der Waals surface area contributed by atoms with Crippen LogP contribution in [0.15, 0.2) is 78.9 Å². The Balaban J connectivity index is 1.51. The van der Waals surface area contributed by atoms with E-state index in [0.717, 1.165) is 5.56 Å². The molecule has 4 atom stereocenters. The van der Waals surface area contributed by atoms with Crippen LogP contribution in [0, 0.1) is 0 Å². The lowest BCUT2D eigenvalue weighted by Crippen LogP contribution is -2.68. The quantitative estimate of drug-likeness (QED) is 0.270. The highest BCUT2D eigenvalue weighted by atomic mass is 19.4. The predicted molar refractivity (Wildman–Crippen MR) is 152 cm³/mol. The van der Waals surface area contributed by atoms with Gasteiger partial charge < -0.3 is 14.8 Å². The van der Waals surface area contributed by atoms with Crippen LogP contribution in [-0.4, -0.2) is 35.6 Å². The fraction of sp³-hybridized carbons (Fsp3) is 0.394. The van der Waals surface area contributed by atoms with Gasteiger partial charge >= 0.3 is 18.4 Å². The van der Waals surface area contributed by atoms with Crippen molar-refractivity contribution < 1.29 is 45.4 Å². The molecule has 2 amide bonds. The minimum absolute atomic E-state index is 0.0352. The van der Waals surface area contributed by atoms with Crippen LogP contribution in [0.4, 0.5) is 31.1 Å². The number of nitrogens with one attached hydrogen (secondary N) is 1. The summed E-state index contributed by atoms with van der Waals surface area (Å²) in [5.74, 6) is -0.143. The number of ether oxygens (including phenoxy) is 2. The summed E-state index contributed by atoms with van der Waals surface area (Å²) >= 11 is 0. The molecule has 12 heteroatoms. The molecule has 3 aromatic carbocycles. The molecule has 3 aromatic rings. The Bertz CT molecular complexity index is 1470. The largest absolute Gasteiger partial charge is 0.445 e. The molecule has 6 nitrogen and oxygen atoms in total. The van der Waals surface area contributed by atoms with E-state index in [-0.39, 0.29) is 49.6 Å². The van der Waals surface area contributed by atoms with Gasteiger partial charge in [0.2, 0.25) is 5.91 Å². The van der Waals surface area contributed by atoms with E-state index in [0.29, 0.717) is 30.5 Å². The van der Waals surface area contributed by atoms with E-state index in [9.17, 15) is 35.9 Å². The van der Waals surface area contributed by atoms with Crippen molar-refractivity contribution >= 4 is 12.0 Å². The van der Waals surface area contributed by atoms with Crippen molar-refractivity contribution in [1.82, 2.24) is 10.2 Å². The van der Waals surface area contributed by atoms with Crippen LogP contribution in [0.2, 0.25) is 0 Å². The molecule has 240 valence electrons. The van der Waals surface area contributed by atoms with Gasteiger partial charge in [0.15, 0.2) is 0 Å². The Labute approximate surface area is 256 Å². The molecule has 0 bridgehead atoms. The summed E-state index contributed by atoms with van der Waals surface area (Å²) in [5, 5.41) is 2.96. The summed E-state index contributed by atoms with van der Waals surface area (Å²) in [6.07, 6.45) is -10.7. The molecule has 2 heterocycles. The van der Waals surface area contributed by atoms with E-state index in [1.54, 1.807) is 59.5 Å². The zero-order valence-corrected chi connectivity index (χ0v) is 24.3. The first kappa shape index (κ1) is 32.3. The standard InChI is InChI=1S/C33H32F6N2O4/c1-21(23-16-25(32(34,35)36)18-26(17-23)33(37,38)39)45-20-31(24-10-6-3-7-11-24)15-14-27-28(12-13-29(42)40-27)41(31)30(43)44-19-22-8-4-2-5-9-22/h2-11,16-18,21,27-28H,12-15,19-20H2,1H3,(H,40,42)/t21-,27+,28+,31-/m1/s1. The maximum atomic E-state index is 14.0. The number of hydrogen-bond donors (Lipinski definition) is 1. The molecule has 0 radical (unpaired) electrons. The van der Waals surface area contributed by atoms with Crippen LogP contribution in [0.25, 0.3) is 0 Å². The maximum absolute atomic E-state index is 14.0. The highest BCUT2D eigenvalue weighted by molar-refractivity contribution is 5.78. The minimum atomic E-state index is -5.01. The fourth-order valence-corrected chi connectivity index (χ4v) is 6.19. The number of alkyl halides is 6. The van der Waals surface area contributed by atoms with Gasteiger partial charge in [0.25, 0.3) is 0 Å². The van der Waals surface area contributed by atoms with Crippen molar-refractivity contribution in [3.63, 3.8) is 0 Å². The number of halogens is 6. The first-order valence-electron chi connectivity index (χ1n) is 14.5. The Hall–Kier alpha value is -4.06. The van der Waals surface area contributed by atoms with Crippen molar-refractivity contribution in [3.8, 4) is 0 Å². The number of benzene rings is 3. The molecule has 2 aliphatic heterocycles. The average Bonchev–Trinajstić information content (AvgIpc) is 3.02. The number of nitrogens with zero attached hydrogens (tertiary/aromatic N) is 1. The first-order chi connectivity index (χ1) is 21.3. The topological polar surface area (TPSA) is 67.9 Å². The molecular formula is C33H32F6N2O4. The molecule has 2 fully saturated rings. The minimum Gasteiger partial charge on any atom is -0.445 e. The number of amides is 2. The first-order valence-corrected chi connectivity index (χ1v) is 14.5. The molecular weight excluding hydrogens is 602 g/mol. The van der Waals surface area contributed by atoms with E-state index in [4.69, 9.17) is 9.47 Å². The lowest BCUT2D eigenvalue weighted by atomic mass is 9.75. The van der Waals surface area contributed by atoms with Gasteiger partial charge in [-0.1, -0.05) is 60.7 Å². The van der Waals surface area contributed by atoms with Gasteiger partial charge in [-0.25, -0.2) is 4.79 Å². The van der Waals surface area contributed by atoms with Crippen LogP contribution in [0.5, 0.6) is 0 Å². The van der Waals surface area contributed by atoms with Gasteiger partial charge in [-0.15, -0.1) is 0 Å². The van der Waals surface area contributed by atoms with Crippen molar-refractivity contribution in [3.05, 3.63) is 107 Å². The second kappa shape index (κ2) is 12.7. The summed E-state index contributed by atoms with van der Waals surface area (Å²) in [5.41, 5.74) is -2.99. The SMILES string of the molecule is C[C@@H](OC[C@@]1(c2ccccc2)CC[C@@H]2NC(=O)CC[C@@H]2N1C(=O)OCc1ccccc1)c1cc(C(F)(F)F)cc(C(F)(F)F)c1. The third-order valence-corrected chi connectivity index (χ3v) is 8.50.